The van der Waals surface area contributed by atoms with Gasteiger partial charge in [-0.2, -0.15) is 5.10 Å². The lowest BCUT2D eigenvalue weighted by atomic mass is 10.1. The smallest absolute Gasteiger partial charge is 0.128 e. The van der Waals surface area contributed by atoms with Gasteiger partial charge in [-0.25, -0.2) is 4.98 Å². The van der Waals surface area contributed by atoms with Gasteiger partial charge in [0, 0.05) is 58.2 Å². The number of hydrogen-bond donors (Lipinski definition) is 0. The van der Waals surface area contributed by atoms with E-state index in [4.69, 9.17) is 4.74 Å². The Bertz CT molecular complexity index is 712. The van der Waals surface area contributed by atoms with Crippen LogP contribution in [-0.2, 0) is 24.2 Å². The number of ether oxygens (including phenoxy) is 1. The molecule has 0 spiro atoms. The van der Waals surface area contributed by atoms with Crippen LogP contribution in [0.4, 0.5) is 5.82 Å². The van der Waals surface area contributed by atoms with Gasteiger partial charge in [0.05, 0.1) is 18.4 Å². The van der Waals surface area contributed by atoms with Crippen LogP contribution in [0.1, 0.15) is 30.2 Å². The molecule has 0 saturated carbocycles. The zero-order chi connectivity index (χ0) is 18.5. The number of morpholine rings is 1. The molecule has 0 radical (unpaired) electrons. The van der Waals surface area contributed by atoms with E-state index >= 15 is 0 Å². The van der Waals surface area contributed by atoms with Crippen molar-refractivity contribution in [1.29, 1.82) is 0 Å². The van der Waals surface area contributed by atoms with E-state index in [0.29, 0.717) is 6.10 Å². The Kier molecular flexibility index (Phi) is 6.27. The van der Waals surface area contributed by atoms with Gasteiger partial charge in [-0.3, -0.25) is 9.58 Å². The van der Waals surface area contributed by atoms with Crippen molar-refractivity contribution in [1.82, 2.24) is 19.7 Å². The average molecular weight is 358 g/mol. The molecule has 2 aromatic rings. The second-order valence-electron chi connectivity index (χ2n) is 7.28. The number of aryl methyl sites for hydroxylation is 3. The molecule has 1 aliphatic rings. The van der Waals surface area contributed by atoms with Gasteiger partial charge in [-0.05, 0) is 44.4 Å². The largest absolute Gasteiger partial charge is 0.376 e. The summed E-state index contributed by atoms with van der Waals surface area (Å²) in [7, 11) is 4.05. The third kappa shape index (κ3) is 4.83. The molecule has 3 rings (SSSR count). The second-order valence-corrected chi connectivity index (χ2v) is 7.28. The van der Waals surface area contributed by atoms with Crippen molar-refractivity contribution in [3.8, 4) is 0 Å². The van der Waals surface area contributed by atoms with E-state index in [0.717, 1.165) is 57.1 Å². The van der Waals surface area contributed by atoms with Crippen LogP contribution in [0.3, 0.4) is 0 Å². The Labute approximate surface area is 156 Å². The predicted octanol–water partition coefficient (Wildman–Crippen LogP) is 2.51. The molecule has 2 aromatic heterocycles. The Morgan fingerprint density at radius 1 is 1.35 bits per heavy atom. The molecule has 0 amide bonds. The van der Waals surface area contributed by atoms with Gasteiger partial charge >= 0.3 is 0 Å². The molecule has 3 heterocycles. The summed E-state index contributed by atoms with van der Waals surface area (Å²) in [6.07, 6.45) is 6.43. The maximum absolute atomic E-state index is 6.01. The number of nitrogens with zero attached hydrogens (tertiary/aromatic N) is 5. The molecular weight excluding hydrogens is 326 g/mol. The second kappa shape index (κ2) is 8.64. The van der Waals surface area contributed by atoms with Crippen LogP contribution in [0, 0.1) is 6.92 Å². The van der Waals surface area contributed by atoms with Crippen molar-refractivity contribution in [3.63, 3.8) is 0 Å². The summed E-state index contributed by atoms with van der Waals surface area (Å²) in [4.78, 5) is 8.93. The summed E-state index contributed by atoms with van der Waals surface area (Å²) < 4.78 is 8.04. The lowest BCUT2D eigenvalue weighted by Gasteiger charge is -2.33. The van der Waals surface area contributed by atoms with Gasteiger partial charge in [0.1, 0.15) is 5.82 Å². The van der Waals surface area contributed by atoms with Gasteiger partial charge in [0.25, 0.3) is 0 Å². The third-order valence-electron chi connectivity index (χ3n) is 5.01. The standard InChI is InChI=1S/C20H31N5O/c1-5-25-14-18(16(2)22-25)13-24-10-11-26-19(15-24)7-6-17-8-9-21-20(12-17)23(3)4/h8-9,12,14,19H,5-7,10-11,13,15H2,1-4H3. The highest BCUT2D eigenvalue weighted by molar-refractivity contribution is 5.39. The van der Waals surface area contributed by atoms with Crippen molar-refractivity contribution in [3.05, 3.63) is 41.3 Å². The van der Waals surface area contributed by atoms with Crippen LogP contribution >= 0.6 is 0 Å². The topological polar surface area (TPSA) is 46.4 Å². The normalized spacial score (nSPS) is 18.2. The summed E-state index contributed by atoms with van der Waals surface area (Å²) in [5.74, 6) is 1.01. The predicted molar refractivity (Wildman–Crippen MR) is 105 cm³/mol. The van der Waals surface area contributed by atoms with Crippen molar-refractivity contribution in [2.45, 2.75) is 45.9 Å². The highest BCUT2D eigenvalue weighted by Crippen LogP contribution is 2.17. The first kappa shape index (κ1) is 18.9. The maximum Gasteiger partial charge on any atom is 0.128 e. The highest BCUT2D eigenvalue weighted by atomic mass is 16.5. The molecule has 6 heteroatoms. The third-order valence-corrected chi connectivity index (χ3v) is 5.01. The molecule has 1 fully saturated rings. The summed E-state index contributed by atoms with van der Waals surface area (Å²) >= 11 is 0. The summed E-state index contributed by atoms with van der Waals surface area (Å²) in [5.41, 5.74) is 3.80. The van der Waals surface area contributed by atoms with E-state index in [1.54, 1.807) is 0 Å². The zero-order valence-corrected chi connectivity index (χ0v) is 16.5. The minimum atomic E-state index is 0.293. The van der Waals surface area contributed by atoms with Crippen molar-refractivity contribution in [2.75, 3.05) is 38.7 Å². The van der Waals surface area contributed by atoms with Crippen molar-refractivity contribution in [2.24, 2.45) is 0 Å². The Balaban J connectivity index is 1.53. The highest BCUT2D eigenvalue weighted by Gasteiger charge is 2.21. The zero-order valence-electron chi connectivity index (χ0n) is 16.5. The molecule has 142 valence electrons. The minimum Gasteiger partial charge on any atom is -0.376 e. The molecule has 1 atom stereocenters. The molecule has 0 N–H and O–H groups in total. The number of aromatic nitrogens is 3. The summed E-state index contributed by atoms with van der Waals surface area (Å²) in [6.45, 7) is 8.91. The average Bonchev–Trinajstić information content (AvgIpc) is 3.00. The van der Waals surface area contributed by atoms with Crippen LogP contribution in [-0.4, -0.2) is 59.6 Å². The van der Waals surface area contributed by atoms with Gasteiger partial charge in [-0.15, -0.1) is 0 Å². The van der Waals surface area contributed by atoms with Gasteiger partial charge < -0.3 is 9.64 Å². The molecule has 0 aromatic carbocycles. The van der Waals surface area contributed by atoms with E-state index in [1.165, 1.54) is 11.1 Å². The quantitative estimate of drug-likeness (QED) is 0.762. The fraction of sp³-hybridized carbons (Fsp3) is 0.600. The van der Waals surface area contributed by atoms with E-state index in [2.05, 4.69) is 47.2 Å². The van der Waals surface area contributed by atoms with E-state index < -0.39 is 0 Å². The molecule has 1 saturated heterocycles. The fourth-order valence-corrected chi connectivity index (χ4v) is 3.40. The lowest BCUT2D eigenvalue weighted by molar-refractivity contribution is -0.0346. The van der Waals surface area contributed by atoms with Crippen LogP contribution in [0.25, 0.3) is 0 Å². The monoisotopic (exact) mass is 357 g/mol. The van der Waals surface area contributed by atoms with Crippen LogP contribution < -0.4 is 4.90 Å². The molecule has 1 unspecified atom stereocenters. The van der Waals surface area contributed by atoms with Crippen LogP contribution in [0.2, 0.25) is 0 Å². The Morgan fingerprint density at radius 3 is 2.92 bits per heavy atom. The molecule has 6 nitrogen and oxygen atoms in total. The van der Waals surface area contributed by atoms with Gasteiger partial charge in [-0.1, -0.05) is 0 Å². The lowest BCUT2D eigenvalue weighted by Crippen LogP contribution is -2.42. The SMILES string of the molecule is CCn1cc(CN2CCOC(CCc3ccnc(N(C)C)c3)C2)c(C)n1. The first-order valence-electron chi connectivity index (χ1n) is 9.54. The van der Waals surface area contributed by atoms with Crippen LogP contribution in [0.15, 0.2) is 24.5 Å². The number of anilines is 1. The number of hydrogen-bond acceptors (Lipinski definition) is 5. The minimum absolute atomic E-state index is 0.293. The van der Waals surface area contributed by atoms with Crippen molar-refractivity contribution < 1.29 is 4.74 Å². The number of pyridine rings is 1. The molecule has 0 aliphatic carbocycles. The van der Waals surface area contributed by atoms with E-state index in [-0.39, 0.29) is 0 Å². The fourth-order valence-electron chi connectivity index (χ4n) is 3.40. The molecule has 26 heavy (non-hydrogen) atoms. The summed E-state index contributed by atoms with van der Waals surface area (Å²) in [6, 6.07) is 4.28. The first-order chi connectivity index (χ1) is 12.5. The Morgan fingerprint density at radius 2 is 2.19 bits per heavy atom. The number of rotatable bonds is 7. The summed E-state index contributed by atoms with van der Waals surface area (Å²) in [5, 5.41) is 4.56. The van der Waals surface area contributed by atoms with Gasteiger partial charge in [0.15, 0.2) is 0 Å². The molecular formula is C20H31N5O. The van der Waals surface area contributed by atoms with E-state index in [1.807, 2.05) is 29.9 Å². The first-order valence-corrected chi connectivity index (χ1v) is 9.54. The maximum atomic E-state index is 6.01. The van der Waals surface area contributed by atoms with E-state index in [9.17, 15) is 0 Å². The molecule has 0 bridgehead atoms. The van der Waals surface area contributed by atoms with Gasteiger partial charge in [0.2, 0.25) is 0 Å². The molecule has 1 aliphatic heterocycles. The van der Waals surface area contributed by atoms with Crippen LogP contribution in [0.5, 0.6) is 0 Å². The Hall–Kier alpha value is -1.92. The van der Waals surface area contributed by atoms with Crippen molar-refractivity contribution >= 4 is 5.82 Å².